The van der Waals surface area contributed by atoms with Gasteiger partial charge in [0.15, 0.2) is 5.78 Å². The van der Waals surface area contributed by atoms with Gasteiger partial charge in [-0.1, -0.05) is 24.1 Å². The van der Waals surface area contributed by atoms with Crippen LogP contribution in [0.25, 0.3) is 5.57 Å². The van der Waals surface area contributed by atoms with Crippen LogP contribution in [0.2, 0.25) is 5.02 Å². The number of carbonyl (C=O) groups is 2. The second kappa shape index (κ2) is 9.20. The zero-order valence-corrected chi connectivity index (χ0v) is 18.1. The molecule has 0 aliphatic carbocycles. The maximum absolute atomic E-state index is 13.3. The van der Waals surface area contributed by atoms with Crippen LogP contribution in [-0.4, -0.2) is 21.5 Å². The van der Waals surface area contributed by atoms with Crippen molar-refractivity contribution in [1.29, 1.82) is 0 Å². The summed E-state index contributed by atoms with van der Waals surface area (Å²) in [5.41, 5.74) is 4.62. The first kappa shape index (κ1) is 21.9. The third-order valence-corrected chi connectivity index (χ3v) is 5.10. The Hall–Kier alpha value is -2.40. The second-order valence-electron chi connectivity index (χ2n) is 6.95. The topological polar surface area (TPSA) is 61.2 Å². The molecule has 0 atom stereocenters. The lowest BCUT2D eigenvalue weighted by Crippen LogP contribution is -2.14. The molecule has 2 rings (SSSR count). The van der Waals surface area contributed by atoms with Gasteiger partial charge in [-0.25, -0.2) is 4.68 Å². The number of benzene rings is 1. The molecule has 28 heavy (non-hydrogen) atoms. The number of nitrogens with zero attached hydrogens (tertiary/aromatic N) is 2. The molecule has 0 aliphatic rings. The molecule has 150 valence electrons. The van der Waals surface area contributed by atoms with E-state index < -0.39 is 0 Å². The fourth-order valence-corrected chi connectivity index (χ4v) is 3.35. The number of esters is 1. The molecule has 0 N–H and O–H groups in total. The van der Waals surface area contributed by atoms with Crippen molar-refractivity contribution < 1.29 is 14.3 Å². The molecule has 2 aromatic rings. The molecule has 0 fully saturated rings. The second-order valence-corrected chi connectivity index (χ2v) is 7.36. The van der Waals surface area contributed by atoms with E-state index in [0.717, 1.165) is 22.3 Å². The predicted molar refractivity (Wildman–Crippen MR) is 112 cm³/mol. The largest absolute Gasteiger partial charge is 0.407 e. The minimum atomic E-state index is -0.374. The Morgan fingerprint density at radius 3 is 2.39 bits per heavy atom. The van der Waals surface area contributed by atoms with E-state index in [0.29, 0.717) is 23.6 Å². The third-order valence-electron chi connectivity index (χ3n) is 4.78. The van der Waals surface area contributed by atoms with Gasteiger partial charge in [-0.15, -0.1) is 0 Å². The van der Waals surface area contributed by atoms with Crippen LogP contribution in [0.4, 0.5) is 0 Å². The van der Waals surface area contributed by atoms with Gasteiger partial charge in [0.2, 0.25) is 5.88 Å². The summed E-state index contributed by atoms with van der Waals surface area (Å²) in [6.07, 6.45) is 2.41. The summed E-state index contributed by atoms with van der Waals surface area (Å²) in [5.74, 6) is -0.419. The molecule has 0 saturated carbocycles. The van der Waals surface area contributed by atoms with Crippen molar-refractivity contribution in [3.63, 3.8) is 0 Å². The third kappa shape index (κ3) is 4.36. The SMILES string of the molecule is CCCC(=O)Oc1c(C(=O)c2ccc(Cl)c(C(C)=C(C)C)c2C)cnn1CC. The first-order valence-corrected chi connectivity index (χ1v) is 9.85. The number of halogens is 1. The van der Waals surface area contributed by atoms with Gasteiger partial charge < -0.3 is 4.74 Å². The number of hydrogen-bond donors (Lipinski definition) is 0. The van der Waals surface area contributed by atoms with Crippen molar-refractivity contribution >= 4 is 28.9 Å². The van der Waals surface area contributed by atoms with Gasteiger partial charge in [0.1, 0.15) is 5.56 Å². The molecule has 0 spiro atoms. The van der Waals surface area contributed by atoms with Crippen molar-refractivity contribution in [3.8, 4) is 5.88 Å². The number of carbonyl (C=O) groups excluding carboxylic acids is 2. The van der Waals surface area contributed by atoms with Gasteiger partial charge >= 0.3 is 5.97 Å². The van der Waals surface area contributed by atoms with Crippen LogP contribution >= 0.6 is 11.6 Å². The van der Waals surface area contributed by atoms with E-state index in [-0.39, 0.29) is 29.6 Å². The average Bonchev–Trinajstić information content (AvgIpc) is 3.03. The van der Waals surface area contributed by atoms with Gasteiger partial charge in [0.25, 0.3) is 0 Å². The van der Waals surface area contributed by atoms with Crippen LogP contribution in [0.5, 0.6) is 5.88 Å². The maximum Gasteiger partial charge on any atom is 0.312 e. The molecule has 1 heterocycles. The Bertz CT molecular complexity index is 937. The lowest BCUT2D eigenvalue weighted by molar-refractivity contribution is -0.134. The molecule has 0 unspecified atom stereocenters. The molecule has 5 nitrogen and oxygen atoms in total. The van der Waals surface area contributed by atoms with Crippen LogP contribution in [0.15, 0.2) is 23.9 Å². The Balaban J connectivity index is 2.56. The fourth-order valence-electron chi connectivity index (χ4n) is 3.01. The number of ketones is 1. The van der Waals surface area contributed by atoms with Crippen LogP contribution < -0.4 is 4.74 Å². The lowest BCUT2D eigenvalue weighted by Gasteiger charge is -2.15. The average molecular weight is 403 g/mol. The summed E-state index contributed by atoms with van der Waals surface area (Å²) in [7, 11) is 0. The van der Waals surface area contributed by atoms with Crippen LogP contribution in [0, 0.1) is 6.92 Å². The summed E-state index contributed by atoms with van der Waals surface area (Å²) in [4.78, 5) is 25.3. The molecule has 0 bridgehead atoms. The molecule has 6 heteroatoms. The van der Waals surface area contributed by atoms with Crippen molar-refractivity contribution in [1.82, 2.24) is 9.78 Å². The Morgan fingerprint density at radius 1 is 1.14 bits per heavy atom. The molecule has 0 amide bonds. The van der Waals surface area contributed by atoms with Crippen molar-refractivity contribution in [2.24, 2.45) is 0 Å². The number of rotatable bonds is 7. The molecule has 1 aromatic heterocycles. The minimum absolute atomic E-state index is 0.195. The van der Waals surface area contributed by atoms with Crippen LogP contribution in [0.3, 0.4) is 0 Å². The van der Waals surface area contributed by atoms with Gasteiger partial charge in [-0.3, -0.25) is 9.59 Å². The van der Waals surface area contributed by atoms with Crippen molar-refractivity contribution in [2.45, 2.75) is 60.9 Å². The predicted octanol–water partition coefficient (Wildman–Crippen LogP) is 5.61. The van der Waals surface area contributed by atoms with Gasteiger partial charge in [0.05, 0.1) is 6.20 Å². The van der Waals surface area contributed by atoms with Gasteiger partial charge in [0, 0.05) is 23.6 Å². The molecular weight excluding hydrogens is 376 g/mol. The lowest BCUT2D eigenvalue weighted by atomic mass is 9.92. The molecule has 0 aliphatic heterocycles. The fraction of sp³-hybridized carbons (Fsp3) is 0.409. The molecular formula is C22H27ClN2O3. The summed E-state index contributed by atoms with van der Waals surface area (Å²) in [6.45, 7) is 12.2. The highest BCUT2D eigenvalue weighted by Crippen LogP contribution is 2.33. The quantitative estimate of drug-likeness (QED) is 0.445. The van der Waals surface area contributed by atoms with Crippen molar-refractivity contribution in [2.75, 3.05) is 0 Å². The number of hydrogen-bond acceptors (Lipinski definition) is 4. The Kier molecular flexibility index (Phi) is 7.19. The molecule has 0 saturated heterocycles. The van der Waals surface area contributed by atoms with E-state index in [1.807, 2.05) is 41.5 Å². The van der Waals surface area contributed by atoms with Crippen molar-refractivity contribution in [3.05, 3.63) is 51.2 Å². The molecule has 0 radical (unpaired) electrons. The van der Waals surface area contributed by atoms with E-state index in [9.17, 15) is 9.59 Å². The Morgan fingerprint density at radius 2 is 1.82 bits per heavy atom. The summed E-state index contributed by atoms with van der Waals surface area (Å²) >= 11 is 6.42. The van der Waals surface area contributed by atoms with Gasteiger partial charge in [-0.05, 0) is 69.9 Å². The Labute approximate surface area is 171 Å². The van der Waals surface area contributed by atoms with E-state index in [1.165, 1.54) is 10.9 Å². The zero-order valence-electron chi connectivity index (χ0n) is 17.4. The summed E-state index contributed by atoms with van der Waals surface area (Å²) < 4.78 is 7.00. The van der Waals surface area contributed by atoms with E-state index in [1.54, 1.807) is 12.1 Å². The monoisotopic (exact) mass is 402 g/mol. The minimum Gasteiger partial charge on any atom is -0.407 e. The van der Waals surface area contributed by atoms with Crippen LogP contribution in [0.1, 0.15) is 74.5 Å². The van der Waals surface area contributed by atoms with E-state index >= 15 is 0 Å². The summed E-state index contributed by atoms with van der Waals surface area (Å²) in [5, 5.41) is 4.81. The first-order valence-electron chi connectivity index (χ1n) is 9.47. The van der Waals surface area contributed by atoms with E-state index in [4.69, 9.17) is 16.3 Å². The number of allylic oxidation sites excluding steroid dienone is 2. The smallest absolute Gasteiger partial charge is 0.312 e. The number of aromatic nitrogens is 2. The molecule has 1 aromatic carbocycles. The normalized spacial score (nSPS) is 10.7. The van der Waals surface area contributed by atoms with E-state index in [2.05, 4.69) is 5.10 Å². The number of ether oxygens (including phenoxy) is 1. The first-order chi connectivity index (χ1) is 13.2. The van der Waals surface area contributed by atoms with Crippen LogP contribution in [-0.2, 0) is 11.3 Å². The highest BCUT2D eigenvalue weighted by atomic mass is 35.5. The highest BCUT2D eigenvalue weighted by molar-refractivity contribution is 6.32. The number of aryl methyl sites for hydroxylation is 1. The standard InChI is InChI=1S/C22H27ClN2O3/c1-7-9-19(26)28-22-17(12-24-25(22)8-2)21(27)16-10-11-18(23)20(15(16)6)14(5)13(3)4/h10-12H,7-9H2,1-6H3. The van der Waals surface area contributed by atoms with Gasteiger partial charge in [-0.2, -0.15) is 5.10 Å². The zero-order chi connectivity index (χ0) is 21.0. The highest BCUT2D eigenvalue weighted by Gasteiger charge is 2.24. The maximum atomic E-state index is 13.3. The summed E-state index contributed by atoms with van der Waals surface area (Å²) in [6, 6.07) is 3.44.